The molecule has 1 unspecified atom stereocenters. The number of carboxylic acids is 1. The van der Waals surface area contributed by atoms with Crippen LogP contribution in [0.3, 0.4) is 0 Å². The summed E-state index contributed by atoms with van der Waals surface area (Å²) in [4.78, 5) is 22.8. The molecule has 0 saturated heterocycles. The van der Waals surface area contributed by atoms with Gasteiger partial charge in [-0.15, -0.1) is 0 Å². The highest BCUT2D eigenvalue weighted by molar-refractivity contribution is 5.82. The summed E-state index contributed by atoms with van der Waals surface area (Å²) in [6.07, 6.45) is -5.52. The zero-order valence-corrected chi connectivity index (χ0v) is 9.95. The predicted octanol–water partition coefficient (Wildman–Crippen LogP) is 0.680. The van der Waals surface area contributed by atoms with Gasteiger partial charge < -0.3 is 20.1 Å². The lowest BCUT2D eigenvalue weighted by Gasteiger charge is -2.21. The van der Waals surface area contributed by atoms with Gasteiger partial charge in [0.2, 0.25) is 0 Å². The summed E-state index contributed by atoms with van der Waals surface area (Å²) in [7, 11) is 2.39. The van der Waals surface area contributed by atoms with Crippen molar-refractivity contribution in [2.45, 2.75) is 18.6 Å². The van der Waals surface area contributed by atoms with Crippen LogP contribution in [0.15, 0.2) is 0 Å². The van der Waals surface area contributed by atoms with E-state index in [2.05, 4.69) is 4.74 Å². The molecule has 0 rings (SSSR count). The number of urea groups is 1. The van der Waals surface area contributed by atoms with E-state index in [1.807, 2.05) is 5.32 Å². The molecule has 0 aliphatic heterocycles. The van der Waals surface area contributed by atoms with E-state index in [1.54, 1.807) is 0 Å². The van der Waals surface area contributed by atoms with Crippen molar-refractivity contribution in [2.24, 2.45) is 0 Å². The van der Waals surface area contributed by atoms with Crippen LogP contribution in [-0.4, -0.2) is 61.5 Å². The Kier molecular flexibility index (Phi) is 6.45. The summed E-state index contributed by atoms with van der Waals surface area (Å²) < 4.78 is 40.3. The fraction of sp³-hybridized carbons (Fsp3) is 0.778. The number of rotatable bonds is 6. The van der Waals surface area contributed by atoms with Crippen molar-refractivity contribution in [1.82, 2.24) is 10.2 Å². The van der Waals surface area contributed by atoms with E-state index in [9.17, 15) is 22.8 Å². The predicted molar refractivity (Wildman–Crippen MR) is 55.1 cm³/mol. The molecule has 9 heteroatoms. The Bertz CT molecular complexity index is 296. The highest BCUT2D eigenvalue weighted by Crippen LogP contribution is 2.19. The molecule has 0 aliphatic carbocycles. The Labute approximate surface area is 102 Å². The number of carbonyl (C=O) groups is 2. The van der Waals surface area contributed by atoms with E-state index in [1.165, 1.54) is 7.11 Å². The van der Waals surface area contributed by atoms with Crippen LogP contribution in [0.2, 0.25) is 0 Å². The van der Waals surface area contributed by atoms with E-state index in [0.717, 1.165) is 11.9 Å². The normalized spacial score (nSPS) is 12.9. The quantitative estimate of drug-likeness (QED) is 0.745. The van der Waals surface area contributed by atoms with Gasteiger partial charge in [0.25, 0.3) is 0 Å². The van der Waals surface area contributed by atoms with Gasteiger partial charge in [-0.05, 0) is 0 Å². The fourth-order valence-electron chi connectivity index (χ4n) is 0.997. The first kappa shape index (κ1) is 16.5. The van der Waals surface area contributed by atoms with Crippen LogP contribution >= 0.6 is 0 Å². The van der Waals surface area contributed by atoms with Gasteiger partial charge in [0.15, 0.2) is 6.04 Å². The zero-order chi connectivity index (χ0) is 14.3. The molecule has 0 spiro atoms. The molecule has 6 nitrogen and oxygen atoms in total. The van der Waals surface area contributed by atoms with Gasteiger partial charge in [0.1, 0.15) is 0 Å². The second-order valence-electron chi connectivity index (χ2n) is 3.58. The minimum Gasteiger partial charge on any atom is -0.480 e. The van der Waals surface area contributed by atoms with E-state index in [-0.39, 0.29) is 6.61 Å². The fourth-order valence-corrected chi connectivity index (χ4v) is 0.997. The van der Waals surface area contributed by atoms with Gasteiger partial charge in [0, 0.05) is 20.7 Å². The summed E-state index contributed by atoms with van der Waals surface area (Å²) in [6.45, 7) is -0.817. The number of aliphatic carboxylic acids is 1. The molecular weight excluding hydrogens is 257 g/mol. The average Bonchev–Trinajstić information content (AvgIpc) is 2.23. The summed E-state index contributed by atoms with van der Waals surface area (Å²) >= 11 is 0. The van der Waals surface area contributed by atoms with Crippen molar-refractivity contribution in [3.8, 4) is 0 Å². The van der Waals surface area contributed by atoms with Crippen LogP contribution in [0.4, 0.5) is 18.0 Å². The van der Waals surface area contributed by atoms with Crippen molar-refractivity contribution in [3.63, 3.8) is 0 Å². The first-order valence-electron chi connectivity index (χ1n) is 4.97. The van der Waals surface area contributed by atoms with Crippen LogP contribution in [0.1, 0.15) is 6.42 Å². The van der Waals surface area contributed by atoms with E-state index < -0.39 is 37.2 Å². The molecule has 0 heterocycles. The van der Waals surface area contributed by atoms with E-state index >= 15 is 0 Å². The van der Waals surface area contributed by atoms with Crippen molar-refractivity contribution in [2.75, 3.05) is 27.3 Å². The van der Waals surface area contributed by atoms with E-state index in [4.69, 9.17) is 5.11 Å². The molecule has 0 fully saturated rings. The maximum absolute atomic E-state index is 11.9. The van der Waals surface area contributed by atoms with Crippen molar-refractivity contribution in [3.05, 3.63) is 0 Å². The van der Waals surface area contributed by atoms with Crippen LogP contribution in [0, 0.1) is 0 Å². The molecule has 106 valence electrons. The standard InChI is InChI=1S/C9H15F3N2O4/c1-14(4-3-9(10,11)12)8(17)13-6(5-18-2)7(15)16/h6H,3-5H2,1-2H3,(H,13,17)(H,15,16). The number of halogens is 3. The summed E-state index contributed by atoms with van der Waals surface area (Å²) in [6, 6.07) is -2.19. The number of hydrogen-bond donors (Lipinski definition) is 2. The number of nitrogens with zero attached hydrogens (tertiary/aromatic N) is 1. The third-order valence-corrected chi connectivity index (χ3v) is 2.01. The molecular formula is C9H15F3N2O4. The smallest absolute Gasteiger partial charge is 0.390 e. The summed E-state index contributed by atoms with van der Waals surface area (Å²) in [5.74, 6) is -1.32. The molecule has 0 bridgehead atoms. The molecule has 0 aromatic rings. The van der Waals surface area contributed by atoms with Crippen molar-refractivity contribution >= 4 is 12.0 Å². The highest BCUT2D eigenvalue weighted by atomic mass is 19.4. The number of alkyl halides is 3. The third kappa shape index (κ3) is 6.94. The van der Waals surface area contributed by atoms with Gasteiger partial charge in [-0.25, -0.2) is 9.59 Å². The molecule has 0 aliphatic rings. The maximum atomic E-state index is 11.9. The molecule has 0 saturated carbocycles. The molecule has 0 aromatic heterocycles. The summed E-state index contributed by atoms with van der Waals surface area (Å²) in [5.41, 5.74) is 0. The molecule has 2 N–H and O–H groups in total. The molecule has 0 radical (unpaired) electrons. The zero-order valence-electron chi connectivity index (χ0n) is 9.95. The largest absolute Gasteiger partial charge is 0.480 e. The Morgan fingerprint density at radius 2 is 2.00 bits per heavy atom. The highest BCUT2D eigenvalue weighted by Gasteiger charge is 2.29. The van der Waals surface area contributed by atoms with Crippen LogP contribution in [0.25, 0.3) is 0 Å². The molecule has 1 atom stereocenters. The van der Waals surface area contributed by atoms with Crippen LogP contribution in [-0.2, 0) is 9.53 Å². The van der Waals surface area contributed by atoms with Gasteiger partial charge >= 0.3 is 18.2 Å². The number of ether oxygens (including phenoxy) is 1. The SMILES string of the molecule is COCC(NC(=O)N(C)CCC(F)(F)F)C(=O)O. The Hall–Kier alpha value is -1.51. The van der Waals surface area contributed by atoms with Crippen LogP contribution < -0.4 is 5.32 Å². The molecule has 18 heavy (non-hydrogen) atoms. The lowest BCUT2D eigenvalue weighted by Crippen LogP contribution is -2.49. The Balaban J connectivity index is 4.24. The average molecular weight is 272 g/mol. The monoisotopic (exact) mass is 272 g/mol. The number of methoxy groups -OCH3 is 1. The lowest BCUT2D eigenvalue weighted by molar-refractivity contribution is -0.141. The molecule has 2 amide bonds. The Morgan fingerprint density at radius 3 is 2.39 bits per heavy atom. The van der Waals surface area contributed by atoms with E-state index in [0.29, 0.717) is 0 Å². The minimum atomic E-state index is -4.37. The number of carbonyl (C=O) groups excluding carboxylic acids is 1. The number of nitrogens with one attached hydrogen (secondary N) is 1. The van der Waals surface area contributed by atoms with Gasteiger partial charge in [-0.3, -0.25) is 0 Å². The topological polar surface area (TPSA) is 78.9 Å². The van der Waals surface area contributed by atoms with Crippen molar-refractivity contribution < 1.29 is 32.6 Å². The maximum Gasteiger partial charge on any atom is 0.390 e. The van der Waals surface area contributed by atoms with Gasteiger partial charge in [0.05, 0.1) is 13.0 Å². The number of amides is 2. The first-order chi connectivity index (χ1) is 8.17. The molecule has 0 aromatic carbocycles. The van der Waals surface area contributed by atoms with Crippen LogP contribution in [0.5, 0.6) is 0 Å². The first-order valence-corrected chi connectivity index (χ1v) is 4.97. The third-order valence-electron chi connectivity index (χ3n) is 2.01. The lowest BCUT2D eigenvalue weighted by atomic mass is 10.3. The summed E-state index contributed by atoms with van der Waals surface area (Å²) in [5, 5.41) is 10.7. The van der Waals surface area contributed by atoms with Crippen molar-refractivity contribution in [1.29, 1.82) is 0 Å². The minimum absolute atomic E-state index is 0.270. The van der Waals surface area contributed by atoms with Gasteiger partial charge in [-0.2, -0.15) is 13.2 Å². The number of carboxylic acid groups (broad SMARTS) is 1. The second kappa shape index (κ2) is 7.04. The van der Waals surface area contributed by atoms with Gasteiger partial charge in [-0.1, -0.05) is 0 Å². The number of hydrogen-bond acceptors (Lipinski definition) is 3. The Morgan fingerprint density at radius 1 is 1.44 bits per heavy atom. The second-order valence-corrected chi connectivity index (χ2v) is 3.58.